The first-order valence-corrected chi connectivity index (χ1v) is 8.70. The van der Waals surface area contributed by atoms with Gasteiger partial charge in [-0.25, -0.2) is 4.98 Å². The van der Waals surface area contributed by atoms with Crippen LogP contribution in [-0.4, -0.2) is 28.3 Å². The molecule has 0 bridgehead atoms. The topological polar surface area (TPSA) is 73.2 Å². The van der Waals surface area contributed by atoms with Crippen LogP contribution in [0.1, 0.15) is 18.2 Å². The van der Waals surface area contributed by atoms with Gasteiger partial charge in [0.1, 0.15) is 5.75 Å². The van der Waals surface area contributed by atoms with Crippen LogP contribution in [0.3, 0.4) is 0 Å². The van der Waals surface area contributed by atoms with Gasteiger partial charge in [0, 0.05) is 29.0 Å². The SMILES string of the molecule is COc1ccc(Cl)cc1NC(=O)CC1CSc2nc(C)cc(=O)n21. The highest BCUT2D eigenvalue weighted by molar-refractivity contribution is 7.99. The van der Waals surface area contributed by atoms with Crippen molar-refractivity contribution < 1.29 is 9.53 Å². The highest BCUT2D eigenvalue weighted by Gasteiger charge is 2.27. The minimum atomic E-state index is -0.212. The molecule has 1 aromatic carbocycles. The molecule has 8 heteroatoms. The maximum absolute atomic E-state index is 12.4. The fourth-order valence-electron chi connectivity index (χ4n) is 2.61. The first-order valence-electron chi connectivity index (χ1n) is 7.34. The van der Waals surface area contributed by atoms with Crippen molar-refractivity contribution in [2.75, 3.05) is 18.2 Å². The molecule has 1 atom stereocenters. The molecule has 126 valence electrons. The van der Waals surface area contributed by atoms with E-state index in [9.17, 15) is 9.59 Å². The van der Waals surface area contributed by atoms with Gasteiger partial charge in [0.2, 0.25) is 5.91 Å². The van der Waals surface area contributed by atoms with Crippen LogP contribution in [0.15, 0.2) is 34.2 Å². The minimum Gasteiger partial charge on any atom is -0.495 e. The number of benzene rings is 1. The van der Waals surface area contributed by atoms with Crippen molar-refractivity contribution in [3.05, 3.63) is 45.3 Å². The number of hydrogen-bond donors (Lipinski definition) is 1. The molecule has 0 fully saturated rings. The van der Waals surface area contributed by atoms with Crippen molar-refractivity contribution in [2.45, 2.75) is 24.5 Å². The third-order valence-corrected chi connectivity index (χ3v) is 5.01. The number of fused-ring (bicyclic) bond motifs is 1. The monoisotopic (exact) mass is 365 g/mol. The molecule has 1 aliphatic heterocycles. The van der Waals surface area contributed by atoms with Gasteiger partial charge in [-0.2, -0.15) is 0 Å². The Morgan fingerprint density at radius 2 is 2.29 bits per heavy atom. The lowest BCUT2D eigenvalue weighted by Crippen LogP contribution is -2.27. The Balaban J connectivity index is 1.76. The number of ether oxygens (including phenoxy) is 1. The van der Waals surface area contributed by atoms with E-state index >= 15 is 0 Å². The minimum absolute atomic E-state index is 0.124. The summed E-state index contributed by atoms with van der Waals surface area (Å²) in [6.45, 7) is 1.79. The number of halogens is 1. The van der Waals surface area contributed by atoms with Crippen molar-refractivity contribution in [2.24, 2.45) is 0 Å². The summed E-state index contributed by atoms with van der Waals surface area (Å²) in [5.74, 6) is 0.969. The summed E-state index contributed by atoms with van der Waals surface area (Å²) in [4.78, 5) is 28.9. The van der Waals surface area contributed by atoms with E-state index in [1.807, 2.05) is 0 Å². The molecule has 1 aromatic heterocycles. The van der Waals surface area contributed by atoms with Crippen LogP contribution in [-0.2, 0) is 4.79 Å². The van der Waals surface area contributed by atoms with Crippen LogP contribution < -0.4 is 15.6 Å². The van der Waals surface area contributed by atoms with Crippen LogP contribution in [0.2, 0.25) is 5.02 Å². The zero-order valence-corrected chi connectivity index (χ0v) is 14.8. The maximum atomic E-state index is 12.4. The first-order chi connectivity index (χ1) is 11.5. The van der Waals surface area contributed by atoms with Crippen LogP contribution >= 0.6 is 23.4 Å². The molecular weight excluding hydrogens is 350 g/mol. The lowest BCUT2D eigenvalue weighted by atomic mass is 10.2. The number of methoxy groups -OCH3 is 1. The van der Waals surface area contributed by atoms with Gasteiger partial charge < -0.3 is 10.1 Å². The van der Waals surface area contributed by atoms with Crippen molar-refractivity contribution in [1.82, 2.24) is 9.55 Å². The Morgan fingerprint density at radius 3 is 3.04 bits per heavy atom. The maximum Gasteiger partial charge on any atom is 0.254 e. The molecule has 0 aliphatic carbocycles. The molecular formula is C16H16ClN3O3S. The number of carbonyl (C=O) groups excluding carboxylic acids is 1. The number of thioether (sulfide) groups is 1. The van der Waals surface area contributed by atoms with Gasteiger partial charge in [0.05, 0.1) is 18.8 Å². The molecule has 3 rings (SSSR count). The van der Waals surface area contributed by atoms with E-state index in [1.54, 1.807) is 29.7 Å². The number of nitrogens with one attached hydrogen (secondary N) is 1. The molecule has 1 unspecified atom stereocenters. The largest absolute Gasteiger partial charge is 0.495 e. The molecule has 0 spiro atoms. The second-order valence-electron chi connectivity index (χ2n) is 5.45. The number of aryl methyl sites for hydroxylation is 1. The first kappa shape index (κ1) is 16.9. The molecule has 2 aromatic rings. The molecule has 2 heterocycles. The normalized spacial score (nSPS) is 15.9. The highest BCUT2D eigenvalue weighted by Crippen LogP contribution is 2.33. The summed E-state index contributed by atoms with van der Waals surface area (Å²) in [6, 6.07) is 6.28. The average molecular weight is 366 g/mol. The van der Waals surface area contributed by atoms with Gasteiger partial charge in [-0.3, -0.25) is 14.2 Å². The van der Waals surface area contributed by atoms with E-state index in [0.717, 1.165) is 0 Å². The Labute approximate surface area is 148 Å². The molecule has 0 radical (unpaired) electrons. The number of hydrogen-bond acceptors (Lipinski definition) is 5. The lowest BCUT2D eigenvalue weighted by molar-refractivity contribution is -0.116. The van der Waals surface area contributed by atoms with Crippen molar-refractivity contribution in [1.29, 1.82) is 0 Å². The molecule has 1 N–H and O–H groups in total. The Hall–Kier alpha value is -1.99. The van der Waals surface area contributed by atoms with E-state index in [4.69, 9.17) is 16.3 Å². The number of aromatic nitrogens is 2. The van der Waals surface area contributed by atoms with E-state index in [1.165, 1.54) is 24.9 Å². The summed E-state index contributed by atoms with van der Waals surface area (Å²) < 4.78 is 6.81. The van der Waals surface area contributed by atoms with Crippen molar-refractivity contribution in [3.8, 4) is 5.75 Å². The van der Waals surface area contributed by atoms with Crippen molar-refractivity contribution >= 4 is 35.0 Å². The van der Waals surface area contributed by atoms with Gasteiger partial charge >= 0.3 is 0 Å². The zero-order valence-electron chi connectivity index (χ0n) is 13.2. The number of amides is 1. The Morgan fingerprint density at radius 1 is 1.50 bits per heavy atom. The summed E-state index contributed by atoms with van der Waals surface area (Å²) in [7, 11) is 1.52. The summed E-state index contributed by atoms with van der Waals surface area (Å²) in [5.41, 5.74) is 1.07. The number of carbonyl (C=O) groups is 1. The zero-order chi connectivity index (χ0) is 17.3. The van der Waals surface area contributed by atoms with Crippen LogP contribution in [0, 0.1) is 6.92 Å². The smallest absolute Gasteiger partial charge is 0.254 e. The van der Waals surface area contributed by atoms with E-state index < -0.39 is 0 Å². The third kappa shape index (κ3) is 3.42. The van der Waals surface area contributed by atoms with E-state index in [0.29, 0.717) is 33.1 Å². The Bertz CT molecular complexity index is 853. The van der Waals surface area contributed by atoms with Crippen molar-refractivity contribution in [3.63, 3.8) is 0 Å². The van der Waals surface area contributed by atoms with Gasteiger partial charge in [0.15, 0.2) is 5.16 Å². The quantitative estimate of drug-likeness (QED) is 0.843. The number of rotatable bonds is 4. The molecule has 1 aliphatic rings. The average Bonchev–Trinajstić information content (AvgIpc) is 2.90. The Kier molecular flexibility index (Phi) is 4.82. The summed E-state index contributed by atoms with van der Waals surface area (Å²) in [6.07, 6.45) is 0.181. The number of nitrogens with zero attached hydrogens (tertiary/aromatic N) is 2. The van der Waals surface area contributed by atoms with Gasteiger partial charge in [-0.05, 0) is 25.1 Å². The molecule has 24 heavy (non-hydrogen) atoms. The van der Waals surface area contributed by atoms with Crippen LogP contribution in [0.25, 0.3) is 0 Å². The molecule has 0 saturated carbocycles. The number of anilines is 1. The van der Waals surface area contributed by atoms with Crippen LogP contribution in [0.4, 0.5) is 5.69 Å². The summed E-state index contributed by atoms with van der Waals surface area (Å²) >= 11 is 7.45. The second kappa shape index (κ2) is 6.86. The molecule has 1 amide bonds. The third-order valence-electron chi connectivity index (χ3n) is 3.67. The molecule has 0 saturated heterocycles. The van der Waals surface area contributed by atoms with E-state index in [-0.39, 0.29) is 23.9 Å². The second-order valence-corrected chi connectivity index (χ2v) is 6.87. The van der Waals surface area contributed by atoms with Gasteiger partial charge in [-0.15, -0.1) is 0 Å². The fourth-order valence-corrected chi connectivity index (χ4v) is 3.97. The fraction of sp³-hybridized carbons (Fsp3) is 0.312. The highest BCUT2D eigenvalue weighted by atomic mass is 35.5. The predicted molar refractivity (Wildman–Crippen MR) is 94.2 cm³/mol. The van der Waals surface area contributed by atoms with Gasteiger partial charge in [0.25, 0.3) is 5.56 Å². The van der Waals surface area contributed by atoms with Gasteiger partial charge in [-0.1, -0.05) is 23.4 Å². The predicted octanol–water partition coefficient (Wildman–Crippen LogP) is 2.89. The molecule has 6 nitrogen and oxygen atoms in total. The van der Waals surface area contributed by atoms with Crippen LogP contribution in [0.5, 0.6) is 5.75 Å². The van der Waals surface area contributed by atoms with E-state index in [2.05, 4.69) is 10.3 Å². The lowest BCUT2D eigenvalue weighted by Gasteiger charge is -2.14. The standard InChI is InChI=1S/C16H16ClN3O3S/c1-9-5-15(22)20-11(8-24-16(20)18-9)7-14(21)19-12-6-10(17)3-4-13(12)23-2/h3-6,11H,7-8H2,1-2H3,(H,19,21). The summed E-state index contributed by atoms with van der Waals surface area (Å²) in [5, 5.41) is 3.97.